The van der Waals surface area contributed by atoms with Gasteiger partial charge in [-0.3, -0.25) is 0 Å². The van der Waals surface area contributed by atoms with Crippen LogP contribution in [0.2, 0.25) is 0 Å². The maximum atomic E-state index is 6.79. The number of hydrogen-bond acceptors (Lipinski definition) is 2. The lowest BCUT2D eigenvalue weighted by Crippen LogP contribution is -2.29. The zero-order chi connectivity index (χ0) is 48.0. The molecule has 2 nitrogen and oxygen atoms in total. The predicted octanol–water partition coefficient (Wildman–Crippen LogP) is 18.7. The van der Waals surface area contributed by atoms with Crippen LogP contribution in [0.3, 0.4) is 0 Å². The van der Waals surface area contributed by atoms with Crippen molar-refractivity contribution in [3.8, 4) is 55.6 Å². The van der Waals surface area contributed by atoms with Crippen molar-refractivity contribution in [1.29, 1.82) is 0 Å². The van der Waals surface area contributed by atoms with E-state index < -0.39 is 5.41 Å². The normalized spacial score (nSPS) is 13.6. The molecule has 0 radical (unpaired) electrons. The van der Waals surface area contributed by atoms with E-state index in [-0.39, 0.29) is 5.41 Å². The molecule has 14 rings (SSSR count). The minimum Gasteiger partial charge on any atom is -0.456 e. The van der Waals surface area contributed by atoms with Gasteiger partial charge in [0.25, 0.3) is 0 Å². The zero-order valence-electron chi connectivity index (χ0n) is 40.2. The van der Waals surface area contributed by atoms with Crippen LogP contribution in [0.1, 0.15) is 47.2 Å². The molecular weight excluding hydrogens is 871 g/mol. The molecule has 0 aliphatic heterocycles. The summed E-state index contributed by atoms with van der Waals surface area (Å²) in [5.41, 5.74) is 24.0. The molecule has 1 aromatic heterocycles. The van der Waals surface area contributed by atoms with E-state index in [1.54, 1.807) is 0 Å². The molecule has 0 saturated carbocycles. The van der Waals surface area contributed by atoms with Gasteiger partial charge >= 0.3 is 0 Å². The molecule has 0 fully saturated rings. The second-order valence-electron chi connectivity index (χ2n) is 20.0. The van der Waals surface area contributed by atoms with E-state index in [0.717, 1.165) is 44.6 Å². The third-order valence-corrected chi connectivity index (χ3v) is 15.7. The highest BCUT2D eigenvalue weighted by atomic mass is 16.3. The second-order valence-corrected chi connectivity index (χ2v) is 20.0. The van der Waals surface area contributed by atoms with Crippen LogP contribution < -0.4 is 4.90 Å². The summed E-state index contributed by atoms with van der Waals surface area (Å²) in [6, 6.07) is 96.1. The summed E-state index contributed by atoms with van der Waals surface area (Å²) in [5, 5.41) is 2.16. The Kier molecular flexibility index (Phi) is 9.50. The molecule has 0 N–H and O–H groups in total. The van der Waals surface area contributed by atoms with Crippen molar-refractivity contribution in [2.24, 2.45) is 0 Å². The highest BCUT2D eigenvalue weighted by molar-refractivity contribution is 6.14. The fourth-order valence-electron chi connectivity index (χ4n) is 12.5. The van der Waals surface area contributed by atoms with Crippen LogP contribution in [0.4, 0.5) is 17.1 Å². The van der Waals surface area contributed by atoms with Gasteiger partial charge in [-0.2, -0.15) is 0 Å². The summed E-state index contributed by atoms with van der Waals surface area (Å²) in [6.45, 7) is 4.78. The first-order valence-electron chi connectivity index (χ1n) is 25.1. The first-order valence-corrected chi connectivity index (χ1v) is 25.1. The van der Waals surface area contributed by atoms with Crippen molar-refractivity contribution >= 4 is 39.0 Å². The minimum atomic E-state index is -0.631. The van der Waals surface area contributed by atoms with E-state index in [0.29, 0.717) is 0 Å². The summed E-state index contributed by atoms with van der Waals surface area (Å²) in [4.78, 5) is 2.49. The van der Waals surface area contributed by atoms with E-state index in [9.17, 15) is 0 Å². The smallest absolute Gasteiger partial charge is 0.137 e. The molecule has 0 spiro atoms. The number of furan rings is 1. The lowest BCUT2D eigenvalue weighted by Gasteiger charge is -2.35. The number of anilines is 3. The average Bonchev–Trinajstić information content (AvgIpc) is 4.05. The van der Waals surface area contributed by atoms with Crippen LogP contribution in [-0.2, 0) is 10.8 Å². The Labute approximate surface area is 420 Å². The molecule has 2 heteroatoms. The van der Waals surface area contributed by atoms with Gasteiger partial charge in [-0.05, 0) is 144 Å². The third kappa shape index (κ3) is 6.28. The quantitative estimate of drug-likeness (QED) is 0.151. The largest absolute Gasteiger partial charge is 0.456 e. The zero-order valence-corrected chi connectivity index (χ0v) is 40.2. The van der Waals surface area contributed by atoms with Crippen molar-refractivity contribution in [2.75, 3.05) is 4.90 Å². The Morgan fingerprint density at radius 2 is 0.875 bits per heavy atom. The van der Waals surface area contributed by atoms with Gasteiger partial charge < -0.3 is 9.32 Å². The van der Waals surface area contributed by atoms with Crippen molar-refractivity contribution in [3.63, 3.8) is 0 Å². The first-order chi connectivity index (χ1) is 35.5. The second kappa shape index (κ2) is 16.3. The number of fused-ring (bicyclic) bond motifs is 9. The fraction of sp³-hybridized carbons (Fsp3) is 0.0571. The topological polar surface area (TPSA) is 16.4 Å². The number of nitrogens with zero attached hydrogens (tertiary/aromatic N) is 1. The van der Waals surface area contributed by atoms with E-state index in [1.165, 1.54) is 83.5 Å². The average molecular weight is 920 g/mol. The Morgan fingerprint density at radius 3 is 1.58 bits per heavy atom. The maximum Gasteiger partial charge on any atom is 0.137 e. The van der Waals surface area contributed by atoms with Gasteiger partial charge in [-0.25, -0.2) is 0 Å². The first kappa shape index (κ1) is 41.9. The van der Waals surface area contributed by atoms with Gasteiger partial charge in [0.15, 0.2) is 0 Å². The molecule has 340 valence electrons. The van der Waals surface area contributed by atoms with Crippen LogP contribution in [0, 0.1) is 0 Å². The SMILES string of the molecule is CC1(C)c2cc(N(c3cccc(C4(c5cccc(-c6ccccc6)c5)c5ccccc5-c5ccccc54)c3)c3cccc4oc5ccc(-c6ccccc6)cc5c34)ccc2-c2c(-c3ccccc3)cccc21. The maximum absolute atomic E-state index is 6.79. The van der Waals surface area contributed by atoms with Gasteiger partial charge in [0.2, 0.25) is 0 Å². The standard InChI is InChI=1S/C70H49NO/c1-69(2)62-35-18-32-55(48-24-10-5-11-25-48)67(62)58-40-39-54(45-63(58)69)71(64-36-19-37-66-68(64)59-43-50(38-41-65(59)72-66)47-22-8-4-9-23-47)53-29-17-28-52(44-53)70(51-27-16-26-49(42-51)46-20-6-3-7-21-46)60-33-14-12-30-56(60)57-31-13-15-34-61(57)70/h3-45H,1-2H3. The molecular formula is C70H49NO. The van der Waals surface area contributed by atoms with E-state index in [4.69, 9.17) is 4.42 Å². The van der Waals surface area contributed by atoms with Crippen molar-refractivity contribution in [2.45, 2.75) is 24.7 Å². The van der Waals surface area contributed by atoms with Gasteiger partial charge in [0.05, 0.1) is 16.5 Å². The monoisotopic (exact) mass is 919 g/mol. The van der Waals surface area contributed by atoms with Crippen LogP contribution >= 0.6 is 0 Å². The molecule has 2 aliphatic rings. The summed E-state index contributed by atoms with van der Waals surface area (Å²) in [5.74, 6) is 0. The van der Waals surface area contributed by atoms with Gasteiger partial charge in [-0.1, -0.05) is 220 Å². The van der Waals surface area contributed by atoms with Crippen molar-refractivity contribution in [3.05, 3.63) is 294 Å². The lowest BCUT2D eigenvalue weighted by molar-refractivity contribution is 0.660. The molecule has 72 heavy (non-hydrogen) atoms. The third-order valence-electron chi connectivity index (χ3n) is 15.7. The summed E-state index contributed by atoms with van der Waals surface area (Å²) >= 11 is 0. The summed E-state index contributed by atoms with van der Waals surface area (Å²) in [7, 11) is 0. The Bertz CT molecular complexity index is 4020. The molecule has 0 unspecified atom stereocenters. The van der Waals surface area contributed by atoms with Crippen LogP contribution in [0.5, 0.6) is 0 Å². The number of rotatable bonds is 8. The highest BCUT2D eigenvalue weighted by Crippen LogP contribution is 2.58. The molecule has 11 aromatic carbocycles. The molecule has 0 amide bonds. The van der Waals surface area contributed by atoms with Crippen LogP contribution in [-0.4, -0.2) is 0 Å². The molecule has 1 heterocycles. The molecule has 0 saturated heterocycles. The fourth-order valence-corrected chi connectivity index (χ4v) is 12.5. The molecule has 12 aromatic rings. The van der Waals surface area contributed by atoms with E-state index in [1.807, 2.05) is 0 Å². The summed E-state index contributed by atoms with van der Waals surface area (Å²) < 4.78 is 6.79. The van der Waals surface area contributed by atoms with Crippen molar-refractivity contribution in [1.82, 2.24) is 0 Å². The number of benzene rings is 11. The Morgan fingerprint density at radius 1 is 0.333 bits per heavy atom. The van der Waals surface area contributed by atoms with E-state index in [2.05, 4.69) is 280 Å². The molecule has 2 aliphatic carbocycles. The summed E-state index contributed by atoms with van der Waals surface area (Å²) in [6.07, 6.45) is 0. The minimum absolute atomic E-state index is 0.261. The van der Waals surface area contributed by atoms with Crippen molar-refractivity contribution < 1.29 is 4.42 Å². The molecule has 0 atom stereocenters. The van der Waals surface area contributed by atoms with Gasteiger partial charge in [-0.15, -0.1) is 0 Å². The Hall–Kier alpha value is -8.98. The Balaban J connectivity index is 1.04. The predicted molar refractivity (Wildman–Crippen MR) is 300 cm³/mol. The van der Waals surface area contributed by atoms with Crippen LogP contribution in [0.15, 0.2) is 265 Å². The lowest BCUT2D eigenvalue weighted by atomic mass is 9.67. The number of hydrogen-bond donors (Lipinski definition) is 0. The van der Waals surface area contributed by atoms with Gasteiger partial charge in [0, 0.05) is 22.2 Å². The molecule has 0 bridgehead atoms. The van der Waals surface area contributed by atoms with Crippen LogP contribution in [0.25, 0.3) is 77.6 Å². The van der Waals surface area contributed by atoms with Gasteiger partial charge in [0.1, 0.15) is 11.2 Å². The highest BCUT2D eigenvalue weighted by Gasteiger charge is 2.46. The van der Waals surface area contributed by atoms with E-state index >= 15 is 0 Å².